The van der Waals surface area contributed by atoms with Crippen LogP contribution in [0.15, 0.2) is 34.7 Å². The van der Waals surface area contributed by atoms with Crippen molar-refractivity contribution in [1.29, 1.82) is 0 Å². The van der Waals surface area contributed by atoms with Crippen molar-refractivity contribution < 1.29 is 14.3 Å². The Labute approximate surface area is 112 Å². The first-order chi connectivity index (χ1) is 8.71. The van der Waals surface area contributed by atoms with Crippen LogP contribution in [0, 0.1) is 0 Å². The molecular formula is C15H19NO3. The zero-order valence-corrected chi connectivity index (χ0v) is 11.7. The number of aliphatic hydroxyl groups is 1. The topological polar surface area (TPSA) is 62.5 Å². The number of furan rings is 1. The first-order valence-corrected chi connectivity index (χ1v) is 6.24. The molecule has 19 heavy (non-hydrogen) atoms. The van der Waals surface area contributed by atoms with Gasteiger partial charge < -0.3 is 14.8 Å². The highest BCUT2D eigenvalue weighted by Crippen LogP contribution is 2.23. The largest absolute Gasteiger partial charge is 0.451 e. The van der Waals surface area contributed by atoms with Crippen molar-refractivity contribution >= 4 is 16.9 Å². The number of carbonyl (C=O) groups is 1. The van der Waals surface area contributed by atoms with Crippen molar-refractivity contribution in [3.63, 3.8) is 0 Å². The molecule has 0 spiro atoms. The lowest BCUT2D eigenvalue weighted by molar-refractivity contribution is -0.00337. The van der Waals surface area contributed by atoms with Gasteiger partial charge in [0.15, 0.2) is 5.76 Å². The Kier molecular flexibility index (Phi) is 3.14. The smallest absolute Gasteiger partial charge is 0.287 e. The van der Waals surface area contributed by atoms with Gasteiger partial charge >= 0.3 is 0 Å². The van der Waals surface area contributed by atoms with Gasteiger partial charge in [-0.2, -0.15) is 0 Å². The van der Waals surface area contributed by atoms with Gasteiger partial charge in [-0.05, 0) is 39.8 Å². The average molecular weight is 261 g/mol. The number of fused-ring (bicyclic) bond motifs is 1. The molecule has 1 aromatic carbocycles. The van der Waals surface area contributed by atoms with E-state index in [9.17, 15) is 9.90 Å². The molecule has 0 aliphatic carbocycles. The summed E-state index contributed by atoms with van der Waals surface area (Å²) in [5.74, 6) is -0.0816. The molecule has 0 aliphatic rings. The van der Waals surface area contributed by atoms with Crippen LogP contribution in [-0.4, -0.2) is 22.2 Å². The molecule has 0 unspecified atom stereocenters. The summed E-state index contributed by atoms with van der Waals surface area (Å²) >= 11 is 0. The lowest BCUT2D eigenvalue weighted by Gasteiger charge is -2.37. The first-order valence-electron chi connectivity index (χ1n) is 6.24. The molecule has 0 bridgehead atoms. The zero-order chi connectivity index (χ0) is 14.3. The van der Waals surface area contributed by atoms with E-state index in [2.05, 4.69) is 5.32 Å². The Hall–Kier alpha value is -1.81. The maximum Gasteiger partial charge on any atom is 0.287 e. The third kappa shape index (κ3) is 2.63. The molecule has 2 rings (SSSR count). The van der Waals surface area contributed by atoms with Gasteiger partial charge in [0.25, 0.3) is 5.91 Å². The van der Waals surface area contributed by atoms with Crippen molar-refractivity contribution in [2.45, 2.75) is 38.8 Å². The number of hydrogen-bond donors (Lipinski definition) is 2. The average Bonchev–Trinajstić information content (AvgIpc) is 2.70. The summed E-state index contributed by atoms with van der Waals surface area (Å²) in [4.78, 5) is 12.2. The monoisotopic (exact) mass is 261 g/mol. The maximum absolute atomic E-state index is 12.2. The number of hydrogen-bond acceptors (Lipinski definition) is 3. The summed E-state index contributed by atoms with van der Waals surface area (Å²) in [6, 6.07) is 9.14. The summed E-state index contributed by atoms with van der Waals surface area (Å²) in [6.45, 7) is 6.86. The quantitative estimate of drug-likeness (QED) is 0.893. The van der Waals surface area contributed by atoms with Gasteiger partial charge in [0, 0.05) is 5.39 Å². The molecule has 102 valence electrons. The highest BCUT2D eigenvalue weighted by atomic mass is 16.3. The van der Waals surface area contributed by atoms with Crippen LogP contribution in [0.1, 0.15) is 38.2 Å². The van der Waals surface area contributed by atoms with E-state index in [1.807, 2.05) is 24.3 Å². The molecule has 0 atom stereocenters. The molecule has 4 nitrogen and oxygen atoms in total. The van der Waals surface area contributed by atoms with Crippen LogP contribution in [0.25, 0.3) is 11.0 Å². The molecule has 1 amide bonds. The number of amides is 1. The lowest BCUT2D eigenvalue weighted by Crippen LogP contribution is -2.57. The van der Waals surface area contributed by atoms with Crippen LogP contribution in [0.5, 0.6) is 0 Å². The predicted octanol–water partition coefficient (Wildman–Crippen LogP) is 2.71. The lowest BCUT2D eigenvalue weighted by atomic mass is 9.86. The normalized spacial score (nSPS) is 12.7. The Morgan fingerprint density at radius 1 is 1.21 bits per heavy atom. The van der Waals surface area contributed by atoms with Crippen molar-refractivity contribution in [2.24, 2.45) is 0 Å². The van der Waals surface area contributed by atoms with E-state index in [4.69, 9.17) is 4.42 Å². The van der Waals surface area contributed by atoms with E-state index in [1.54, 1.807) is 33.8 Å². The number of para-hydroxylation sites is 1. The molecule has 0 aliphatic heterocycles. The number of nitrogens with one attached hydrogen (secondary N) is 1. The van der Waals surface area contributed by atoms with E-state index >= 15 is 0 Å². The van der Waals surface area contributed by atoms with Gasteiger partial charge in [-0.3, -0.25) is 4.79 Å². The molecule has 0 saturated carbocycles. The van der Waals surface area contributed by atoms with E-state index in [0.717, 1.165) is 5.39 Å². The SMILES string of the molecule is CC(C)(O)C(C)(C)NC(=O)c1cc2ccccc2o1. The second kappa shape index (κ2) is 4.38. The van der Waals surface area contributed by atoms with Crippen molar-refractivity contribution in [3.05, 3.63) is 36.1 Å². The predicted molar refractivity (Wildman–Crippen MR) is 74.1 cm³/mol. The summed E-state index contributed by atoms with van der Waals surface area (Å²) in [5, 5.41) is 13.7. The molecule has 0 radical (unpaired) electrons. The van der Waals surface area contributed by atoms with Gasteiger partial charge in [-0.1, -0.05) is 18.2 Å². The van der Waals surface area contributed by atoms with E-state index in [1.165, 1.54) is 0 Å². The second-order valence-corrected chi connectivity index (χ2v) is 5.79. The molecule has 2 N–H and O–H groups in total. The van der Waals surface area contributed by atoms with Gasteiger partial charge in [-0.15, -0.1) is 0 Å². The number of carbonyl (C=O) groups excluding carboxylic acids is 1. The van der Waals surface area contributed by atoms with E-state index in [0.29, 0.717) is 5.58 Å². The number of rotatable bonds is 3. The highest BCUT2D eigenvalue weighted by molar-refractivity contribution is 5.96. The van der Waals surface area contributed by atoms with E-state index < -0.39 is 11.1 Å². The maximum atomic E-state index is 12.2. The van der Waals surface area contributed by atoms with Crippen LogP contribution in [-0.2, 0) is 0 Å². The molecule has 1 heterocycles. The summed E-state index contributed by atoms with van der Waals surface area (Å²) in [6.07, 6.45) is 0. The fourth-order valence-electron chi connectivity index (χ4n) is 1.59. The van der Waals surface area contributed by atoms with Gasteiger partial charge in [0.05, 0.1) is 11.1 Å². The van der Waals surface area contributed by atoms with E-state index in [-0.39, 0.29) is 11.7 Å². The third-order valence-corrected chi connectivity index (χ3v) is 3.60. The minimum Gasteiger partial charge on any atom is -0.451 e. The third-order valence-electron chi connectivity index (χ3n) is 3.60. The van der Waals surface area contributed by atoms with Crippen LogP contribution in [0.4, 0.5) is 0 Å². The van der Waals surface area contributed by atoms with Crippen LogP contribution >= 0.6 is 0 Å². The Balaban J connectivity index is 2.25. The van der Waals surface area contributed by atoms with Crippen molar-refractivity contribution in [2.75, 3.05) is 0 Å². The molecule has 1 aromatic heterocycles. The minimum absolute atomic E-state index is 0.249. The summed E-state index contributed by atoms with van der Waals surface area (Å²) < 4.78 is 5.49. The molecular weight excluding hydrogens is 242 g/mol. The van der Waals surface area contributed by atoms with Crippen LogP contribution < -0.4 is 5.32 Å². The molecule has 4 heteroatoms. The van der Waals surface area contributed by atoms with Crippen LogP contribution in [0.2, 0.25) is 0 Å². The first kappa shape index (κ1) is 13.6. The molecule has 2 aromatic rings. The van der Waals surface area contributed by atoms with Crippen molar-refractivity contribution in [3.8, 4) is 0 Å². The van der Waals surface area contributed by atoms with Gasteiger partial charge in [0.2, 0.25) is 0 Å². The fourth-order valence-corrected chi connectivity index (χ4v) is 1.59. The van der Waals surface area contributed by atoms with Gasteiger partial charge in [0.1, 0.15) is 5.58 Å². The standard InChI is InChI=1S/C15H19NO3/c1-14(2,15(3,4)18)16-13(17)12-9-10-7-5-6-8-11(10)19-12/h5-9,18H,1-4H3,(H,16,17). The zero-order valence-electron chi connectivity index (χ0n) is 11.7. The van der Waals surface area contributed by atoms with Crippen LogP contribution in [0.3, 0.4) is 0 Å². The fraction of sp³-hybridized carbons (Fsp3) is 0.400. The van der Waals surface area contributed by atoms with Crippen molar-refractivity contribution in [1.82, 2.24) is 5.32 Å². The molecule has 0 fully saturated rings. The Morgan fingerprint density at radius 3 is 2.42 bits per heavy atom. The highest BCUT2D eigenvalue weighted by Gasteiger charge is 2.37. The molecule has 0 saturated heterocycles. The summed E-state index contributed by atoms with van der Waals surface area (Å²) in [5.41, 5.74) is -1.12. The minimum atomic E-state index is -1.03. The number of benzene rings is 1. The second-order valence-electron chi connectivity index (χ2n) is 5.79. The summed E-state index contributed by atoms with van der Waals surface area (Å²) in [7, 11) is 0. The van der Waals surface area contributed by atoms with Gasteiger partial charge in [-0.25, -0.2) is 0 Å². The Bertz CT molecular complexity index is 572. The Morgan fingerprint density at radius 2 is 1.84 bits per heavy atom.